The van der Waals surface area contributed by atoms with E-state index in [-0.39, 0.29) is 17.3 Å². The van der Waals surface area contributed by atoms with E-state index in [1.807, 2.05) is 38.1 Å². The van der Waals surface area contributed by atoms with Gasteiger partial charge in [-0.1, -0.05) is 79.0 Å². The molecule has 1 N–H and O–H groups in total. The van der Waals surface area contributed by atoms with Crippen LogP contribution in [0.5, 0.6) is 0 Å². The van der Waals surface area contributed by atoms with Gasteiger partial charge in [0.25, 0.3) is 10.0 Å². The molecule has 0 aliphatic rings. The monoisotopic (exact) mass is 569 g/mol. The quantitative estimate of drug-likeness (QED) is 0.292. The van der Waals surface area contributed by atoms with Crippen LogP contribution in [0.2, 0.25) is 5.02 Å². The maximum Gasteiger partial charge on any atom is 0.264 e. The van der Waals surface area contributed by atoms with Crippen LogP contribution < -0.4 is 9.62 Å². The van der Waals surface area contributed by atoms with Crippen molar-refractivity contribution in [2.24, 2.45) is 0 Å². The second kappa shape index (κ2) is 13.6. The first-order valence-corrected chi connectivity index (χ1v) is 14.8. The molecule has 0 spiro atoms. The van der Waals surface area contributed by atoms with Crippen molar-refractivity contribution in [2.45, 2.75) is 58.0 Å². The first-order chi connectivity index (χ1) is 18.5. The van der Waals surface area contributed by atoms with E-state index >= 15 is 0 Å². The van der Waals surface area contributed by atoms with Gasteiger partial charge >= 0.3 is 0 Å². The Hall–Kier alpha value is -3.36. The van der Waals surface area contributed by atoms with Crippen molar-refractivity contribution in [3.63, 3.8) is 0 Å². The molecule has 208 valence electrons. The molecule has 2 amide bonds. The van der Waals surface area contributed by atoms with Crippen LogP contribution in [0.4, 0.5) is 5.69 Å². The molecule has 0 unspecified atom stereocenters. The Bertz CT molecular complexity index is 1380. The first kappa shape index (κ1) is 30.2. The first-order valence-electron chi connectivity index (χ1n) is 13.0. The summed E-state index contributed by atoms with van der Waals surface area (Å²) in [7, 11) is -4.14. The zero-order chi connectivity index (χ0) is 28.6. The van der Waals surface area contributed by atoms with Crippen LogP contribution in [0.15, 0.2) is 77.7 Å². The number of nitrogens with one attached hydrogen (secondary N) is 1. The second-order valence-corrected chi connectivity index (χ2v) is 11.9. The Morgan fingerprint density at radius 3 is 2.28 bits per heavy atom. The maximum absolute atomic E-state index is 14.0. The lowest BCUT2D eigenvalue weighted by Gasteiger charge is -2.32. The van der Waals surface area contributed by atoms with Crippen molar-refractivity contribution in [1.82, 2.24) is 10.2 Å². The van der Waals surface area contributed by atoms with Crippen molar-refractivity contribution in [3.05, 3.63) is 94.5 Å². The summed E-state index contributed by atoms with van der Waals surface area (Å²) in [6.45, 7) is 7.57. The Balaban J connectivity index is 2.02. The van der Waals surface area contributed by atoms with Gasteiger partial charge in [0.15, 0.2) is 0 Å². The van der Waals surface area contributed by atoms with E-state index in [4.69, 9.17) is 11.6 Å². The summed E-state index contributed by atoms with van der Waals surface area (Å²) >= 11 is 6.26. The molecule has 1 atom stereocenters. The Kier molecular flexibility index (Phi) is 10.5. The Labute approximate surface area is 236 Å². The summed E-state index contributed by atoms with van der Waals surface area (Å²) in [5.74, 6) is -0.798. The molecule has 3 aromatic carbocycles. The van der Waals surface area contributed by atoms with E-state index in [2.05, 4.69) is 5.32 Å². The van der Waals surface area contributed by atoms with Gasteiger partial charge in [0.2, 0.25) is 11.8 Å². The highest BCUT2D eigenvalue weighted by Gasteiger charge is 2.33. The van der Waals surface area contributed by atoms with Gasteiger partial charge in [-0.2, -0.15) is 0 Å². The Morgan fingerprint density at radius 2 is 1.64 bits per heavy atom. The number of carbonyl (C=O) groups is 2. The normalized spacial score (nSPS) is 12.0. The zero-order valence-electron chi connectivity index (χ0n) is 22.9. The maximum atomic E-state index is 14.0. The fourth-order valence-electron chi connectivity index (χ4n) is 4.09. The molecule has 0 fully saturated rings. The second-order valence-electron chi connectivity index (χ2n) is 9.58. The van der Waals surface area contributed by atoms with Crippen LogP contribution in [0.1, 0.15) is 43.4 Å². The van der Waals surface area contributed by atoms with E-state index in [9.17, 15) is 18.0 Å². The van der Waals surface area contributed by atoms with Crippen molar-refractivity contribution < 1.29 is 18.0 Å². The number of carbonyl (C=O) groups excluding carboxylic acids is 2. The van der Waals surface area contributed by atoms with Gasteiger partial charge in [-0.05, 0) is 62.6 Å². The molecule has 0 saturated carbocycles. The smallest absolute Gasteiger partial charge is 0.264 e. The van der Waals surface area contributed by atoms with E-state index in [1.165, 1.54) is 23.1 Å². The third-order valence-corrected chi connectivity index (χ3v) is 8.53. The molecular weight excluding hydrogens is 534 g/mol. The molecule has 0 aliphatic carbocycles. The molecule has 39 heavy (non-hydrogen) atoms. The van der Waals surface area contributed by atoms with Gasteiger partial charge in [0.05, 0.1) is 10.6 Å². The minimum Gasteiger partial charge on any atom is -0.354 e. The van der Waals surface area contributed by atoms with Gasteiger partial charge < -0.3 is 10.2 Å². The summed E-state index contributed by atoms with van der Waals surface area (Å²) in [5, 5.41) is 3.23. The van der Waals surface area contributed by atoms with Crippen LogP contribution >= 0.6 is 11.6 Å². The zero-order valence-corrected chi connectivity index (χ0v) is 24.4. The lowest BCUT2D eigenvalue weighted by molar-refractivity contribution is -0.139. The minimum absolute atomic E-state index is 0.0487. The van der Waals surface area contributed by atoms with E-state index in [1.54, 1.807) is 44.2 Å². The van der Waals surface area contributed by atoms with Crippen LogP contribution in [0.3, 0.4) is 0 Å². The Morgan fingerprint density at radius 1 is 0.974 bits per heavy atom. The van der Waals surface area contributed by atoms with E-state index in [0.29, 0.717) is 22.8 Å². The molecule has 0 saturated heterocycles. The third-order valence-electron chi connectivity index (χ3n) is 6.52. The molecule has 3 aromatic rings. The minimum atomic E-state index is -4.14. The topological polar surface area (TPSA) is 86.8 Å². The van der Waals surface area contributed by atoms with Gasteiger partial charge in [-0.3, -0.25) is 13.9 Å². The van der Waals surface area contributed by atoms with Crippen LogP contribution in [-0.4, -0.2) is 44.3 Å². The fourth-order valence-corrected chi connectivity index (χ4v) is 5.75. The highest BCUT2D eigenvalue weighted by atomic mass is 35.5. The molecule has 0 aromatic heterocycles. The summed E-state index contributed by atoms with van der Waals surface area (Å²) in [5.41, 5.74) is 2.84. The lowest BCUT2D eigenvalue weighted by atomic mass is 10.1. The number of rotatable bonds is 12. The summed E-state index contributed by atoms with van der Waals surface area (Å²) in [6.07, 6.45) is 1.74. The molecular formula is C30H36ClN3O4S. The predicted molar refractivity (Wildman–Crippen MR) is 156 cm³/mol. The lowest BCUT2D eigenvalue weighted by Crippen LogP contribution is -2.51. The number of hydrogen-bond acceptors (Lipinski definition) is 4. The third kappa shape index (κ3) is 7.83. The van der Waals surface area contributed by atoms with E-state index < -0.39 is 28.5 Å². The molecule has 0 bridgehead atoms. The van der Waals surface area contributed by atoms with Gasteiger partial charge in [0, 0.05) is 18.1 Å². The van der Waals surface area contributed by atoms with Gasteiger partial charge in [-0.25, -0.2) is 8.42 Å². The van der Waals surface area contributed by atoms with Crippen LogP contribution in [-0.2, 0) is 26.2 Å². The number of anilines is 1. The molecule has 0 aliphatic heterocycles. The molecule has 0 heterocycles. The van der Waals surface area contributed by atoms with Crippen LogP contribution in [0, 0.1) is 13.8 Å². The number of sulfonamides is 1. The fraction of sp³-hybridized carbons (Fsp3) is 0.333. The van der Waals surface area contributed by atoms with Crippen molar-refractivity contribution in [3.8, 4) is 0 Å². The van der Waals surface area contributed by atoms with Crippen molar-refractivity contribution >= 4 is 39.1 Å². The van der Waals surface area contributed by atoms with Crippen molar-refractivity contribution in [2.75, 3.05) is 17.4 Å². The number of nitrogens with zero attached hydrogens (tertiary/aromatic N) is 2. The number of halogens is 1. The SMILES string of the molecule is CCCCNC(=O)[C@@H](C)N(Cc1ccc(C)cc1)C(=O)CN(c1cc(Cl)ccc1C)S(=O)(=O)c1ccccc1. The summed E-state index contributed by atoms with van der Waals surface area (Å²) in [4.78, 5) is 28.5. The standard InChI is InChI=1S/C30H36ClN3O4S/c1-5-6-18-32-30(36)24(4)33(20-25-15-12-22(2)13-16-25)29(35)21-34(28-19-26(31)17-14-23(28)3)39(37,38)27-10-8-7-9-11-27/h7-17,19,24H,5-6,18,20-21H2,1-4H3,(H,32,36)/t24-/m1/s1. The average molecular weight is 570 g/mol. The van der Waals surface area contributed by atoms with E-state index in [0.717, 1.165) is 28.3 Å². The number of benzene rings is 3. The predicted octanol–water partition coefficient (Wildman–Crippen LogP) is 5.49. The number of amides is 2. The highest BCUT2D eigenvalue weighted by molar-refractivity contribution is 7.92. The number of unbranched alkanes of at least 4 members (excludes halogenated alkanes) is 1. The largest absolute Gasteiger partial charge is 0.354 e. The van der Waals surface area contributed by atoms with Gasteiger partial charge in [0.1, 0.15) is 12.6 Å². The molecule has 3 rings (SSSR count). The molecule has 7 nitrogen and oxygen atoms in total. The van der Waals surface area contributed by atoms with Crippen LogP contribution in [0.25, 0.3) is 0 Å². The highest BCUT2D eigenvalue weighted by Crippen LogP contribution is 2.30. The molecule has 9 heteroatoms. The summed E-state index contributed by atoms with van der Waals surface area (Å²) in [6, 6.07) is 19.7. The summed E-state index contributed by atoms with van der Waals surface area (Å²) < 4.78 is 28.8. The number of hydrogen-bond donors (Lipinski definition) is 1. The van der Waals surface area contributed by atoms with Crippen molar-refractivity contribution in [1.29, 1.82) is 0 Å². The van der Waals surface area contributed by atoms with Gasteiger partial charge in [-0.15, -0.1) is 0 Å². The molecule has 0 radical (unpaired) electrons. The average Bonchev–Trinajstić information content (AvgIpc) is 2.92. The number of aryl methyl sites for hydroxylation is 2.